The zero-order valence-corrected chi connectivity index (χ0v) is 16.1. The van der Waals surface area contributed by atoms with Gasteiger partial charge in [-0.05, 0) is 51.1 Å². The molecule has 2 aromatic heterocycles. The average molecular weight is 371 g/mol. The summed E-state index contributed by atoms with van der Waals surface area (Å²) in [6, 6.07) is 10.9. The summed E-state index contributed by atoms with van der Waals surface area (Å²) in [5, 5.41) is 2.90. The van der Waals surface area contributed by atoms with E-state index in [9.17, 15) is 4.79 Å². The molecule has 0 saturated heterocycles. The highest BCUT2D eigenvalue weighted by atomic mass is 16.5. The van der Waals surface area contributed by atoms with Gasteiger partial charge in [-0.3, -0.25) is 4.79 Å². The molecule has 1 aromatic carbocycles. The third-order valence-corrected chi connectivity index (χ3v) is 4.07. The molecule has 5 heteroatoms. The molecule has 0 radical (unpaired) electrons. The van der Waals surface area contributed by atoms with Gasteiger partial charge in [0.05, 0.1) is 5.56 Å². The molecule has 3 aromatic rings. The second-order valence-corrected chi connectivity index (χ2v) is 6.26. The molecule has 0 bridgehead atoms. The van der Waals surface area contributed by atoms with Crippen LogP contribution < -0.4 is 10.1 Å². The Kier molecular flexibility index (Phi) is 5.61. The first-order chi connectivity index (χ1) is 13.5. The van der Waals surface area contributed by atoms with Crippen LogP contribution in [0.3, 0.4) is 0 Å². The summed E-state index contributed by atoms with van der Waals surface area (Å²) in [4.78, 5) is 17.3. The number of anilines is 1. The van der Waals surface area contributed by atoms with Gasteiger partial charge in [0.15, 0.2) is 0 Å². The number of hydrogen-bond donors (Lipinski definition) is 1. The van der Waals surface area contributed by atoms with E-state index in [-0.39, 0.29) is 5.91 Å². The normalized spacial score (nSPS) is 11.6. The molecule has 1 N–H and O–H groups in total. The zero-order chi connectivity index (χ0) is 20.1. The number of rotatable bonds is 5. The molecule has 28 heavy (non-hydrogen) atoms. The number of benzene rings is 1. The van der Waals surface area contributed by atoms with E-state index in [1.807, 2.05) is 43.5 Å². The number of carbonyl (C=O) groups is 1. The van der Waals surface area contributed by atoms with Gasteiger partial charge in [0.2, 0.25) is 0 Å². The minimum Gasteiger partial charge on any atom is -0.457 e. The Morgan fingerprint density at radius 3 is 2.86 bits per heavy atom. The molecule has 1 amide bonds. The summed E-state index contributed by atoms with van der Waals surface area (Å²) in [6.07, 6.45) is 12.3. The number of terminal acetylenes is 1. The van der Waals surface area contributed by atoms with Crippen LogP contribution in [0.2, 0.25) is 0 Å². The number of nitrogens with one attached hydrogen (secondary N) is 1. The second kappa shape index (κ2) is 8.28. The molecule has 140 valence electrons. The van der Waals surface area contributed by atoms with Crippen molar-refractivity contribution in [1.82, 2.24) is 9.38 Å². The monoisotopic (exact) mass is 371 g/mol. The topological polar surface area (TPSA) is 55.6 Å². The summed E-state index contributed by atoms with van der Waals surface area (Å²) in [5.74, 6) is 3.33. The van der Waals surface area contributed by atoms with Gasteiger partial charge in [-0.1, -0.05) is 18.1 Å². The number of fused-ring (bicyclic) bond motifs is 1. The molecule has 3 rings (SSSR count). The third kappa shape index (κ3) is 4.13. The van der Waals surface area contributed by atoms with Crippen molar-refractivity contribution < 1.29 is 9.53 Å². The van der Waals surface area contributed by atoms with Crippen molar-refractivity contribution in [3.63, 3.8) is 0 Å². The summed E-state index contributed by atoms with van der Waals surface area (Å²) in [5.41, 5.74) is 3.65. The zero-order valence-electron chi connectivity index (χ0n) is 16.1. The summed E-state index contributed by atoms with van der Waals surface area (Å²) in [6.45, 7) is 5.77. The number of amides is 1. The SMILES string of the molecule is C#C/C=C(\C=C/C)Oc1cccc(NC(=O)c2ccn3c(C)cc(C)nc23)c1. The fourth-order valence-corrected chi connectivity index (χ4v) is 2.90. The van der Waals surface area contributed by atoms with Crippen molar-refractivity contribution in [2.45, 2.75) is 20.8 Å². The molecule has 0 unspecified atom stereocenters. The van der Waals surface area contributed by atoms with Crippen LogP contribution in [0, 0.1) is 26.2 Å². The third-order valence-electron chi connectivity index (χ3n) is 4.07. The van der Waals surface area contributed by atoms with Crippen LogP contribution in [0.4, 0.5) is 5.69 Å². The fraction of sp³-hybridized carbons (Fsp3) is 0.130. The summed E-state index contributed by atoms with van der Waals surface area (Å²) >= 11 is 0. The number of allylic oxidation sites excluding steroid dienone is 3. The minimum absolute atomic E-state index is 0.231. The van der Waals surface area contributed by atoms with Gasteiger partial charge in [0.1, 0.15) is 17.2 Å². The quantitative estimate of drug-likeness (QED) is 0.403. The first kappa shape index (κ1) is 19.0. The average Bonchev–Trinajstić information content (AvgIpc) is 3.06. The number of aryl methyl sites for hydroxylation is 2. The molecule has 0 spiro atoms. The van der Waals surface area contributed by atoms with Gasteiger partial charge in [0, 0.05) is 35.4 Å². The Morgan fingerprint density at radius 2 is 2.11 bits per heavy atom. The fourth-order valence-electron chi connectivity index (χ4n) is 2.90. The minimum atomic E-state index is -0.231. The molecule has 0 fully saturated rings. The van der Waals surface area contributed by atoms with E-state index in [2.05, 4.69) is 16.2 Å². The molecule has 0 aliphatic rings. The Labute approximate surface area is 164 Å². The Bertz CT molecular complexity index is 1130. The van der Waals surface area contributed by atoms with Gasteiger partial charge in [-0.25, -0.2) is 4.98 Å². The van der Waals surface area contributed by atoms with E-state index < -0.39 is 0 Å². The van der Waals surface area contributed by atoms with Crippen molar-refractivity contribution in [3.8, 4) is 18.1 Å². The van der Waals surface area contributed by atoms with Crippen LogP contribution in [-0.4, -0.2) is 15.3 Å². The Hall–Kier alpha value is -3.78. The van der Waals surface area contributed by atoms with Crippen LogP contribution in [-0.2, 0) is 0 Å². The van der Waals surface area contributed by atoms with E-state index in [1.54, 1.807) is 36.4 Å². The first-order valence-corrected chi connectivity index (χ1v) is 8.85. The Balaban J connectivity index is 1.84. The van der Waals surface area contributed by atoms with Crippen molar-refractivity contribution in [2.24, 2.45) is 0 Å². The lowest BCUT2D eigenvalue weighted by atomic mass is 10.2. The maximum Gasteiger partial charge on any atom is 0.259 e. The van der Waals surface area contributed by atoms with E-state index in [0.29, 0.717) is 28.4 Å². The van der Waals surface area contributed by atoms with Gasteiger partial charge < -0.3 is 14.5 Å². The summed E-state index contributed by atoms with van der Waals surface area (Å²) < 4.78 is 7.67. The van der Waals surface area contributed by atoms with Crippen LogP contribution in [0.25, 0.3) is 5.65 Å². The molecule has 0 aliphatic heterocycles. The van der Waals surface area contributed by atoms with Crippen LogP contribution >= 0.6 is 0 Å². The highest BCUT2D eigenvalue weighted by Gasteiger charge is 2.14. The molecular weight excluding hydrogens is 350 g/mol. The highest BCUT2D eigenvalue weighted by Crippen LogP contribution is 2.22. The van der Waals surface area contributed by atoms with Crippen molar-refractivity contribution in [1.29, 1.82) is 0 Å². The molecule has 0 atom stereocenters. The van der Waals surface area contributed by atoms with Gasteiger partial charge in [-0.15, -0.1) is 6.42 Å². The molecular formula is C23H21N3O2. The van der Waals surface area contributed by atoms with Crippen molar-refractivity contribution in [2.75, 3.05) is 5.32 Å². The lowest BCUT2D eigenvalue weighted by Gasteiger charge is -2.09. The van der Waals surface area contributed by atoms with E-state index in [0.717, 1.165) is 11.4 Å². The molecule has 2 heterocycles. The molecule has 0 aliphatic carbocycles. The molecule has 5 nitrogen and oxygen atoms in total. The highest BCUT2D eigenvalue weighted by molar-refractivity contribution is 6.08. The second-order valence-electron chi connectivity index (χ2n) is 6.26. The van der Waals surface area contributed by atoms with E-state index in [4.69, 9.17) is 11.2 Å². The number of nitrogens with zero attached hydrogens (tertiary/aromatic N) is 2. The first-order valence-electron chi connectivity index (χ1n) is 8.85. The standard InChI is InChI=1S/C23H21N3O2/c1-5-8-19(9-6-2)28-20-11-7-10-18(15-20)25-23(27)21-12-13-26-17(4)14-16(3)24-22(21)26/h1,6-15H,2-4H3,(H,25,27)/b9-6-,19-8+. The van der Waals surface area contributed by atoms with Gasteiger partial charge >= 0.3 is 0 Å². The maximum atomic E-state index is 12.8. The van der Waals surface area contributed by atoms with E-state index >= 15 is 0 Å². The lowest BCUT2D eigenvalue weighted by molar-refractivity contribution is 0.102. The van der Waals surface area contributed by atoms with Crippen LogP contribution in [0.15, 0.2) is 66.6 Å². The molecule has 0 saturated carbocycles. The Morgan fingerprint density at radius 1 is 1.29 bits per heavy atom. The largest absolute Gasteiger partial charge is 0.457 e. The lowest BCUT2D eigenvalue weighted by Crippen LogP contribution is -2.12. The smallest absolute Gasteiger partial charge is 0.259 e. The number of hydrogen-bond acceptors (Lipinski definition) is 3. The predicted molar refractivity (Wildman–Crippen MR) is 111 cm³/mol. The van der Waals surface area contributed by atoms with Gasteiger partial charge in [-0.2, -0.15) is 0 Å². The van der Waals surface area contributed by atoms with Gasteiger partial charge in [0.25, 0.3) is 5.91 Å². The van der Waals surface area contributed by atoms with Crippen molar-refractivity contribution in [3.05, 3.63) is 83.5 Å². The van der Waals surface area contributed by atoms with E-state index in [1.165, 1.54) is 6.08 Å². The number of aromatic nitrogens is 2. The van der Waals surface area contributed by atoms with Crippen molar-refractivity contribution >= 4 is 17.2 Å². The number of ether oxygens (including phenoxy) is 1. The number of carbonyl (C=O) groups excluding carboxylic acids is 1. The van der Waals surface area contributed by atoms with Crippen LogP contribution in [0.5, 0.6) is 5.75 Å². The predicted octanol–water partition coefficient (Wildman–Crippen LogP) is 4.68. The van der Waals surface area contributed by atoms with Crippen LogP contribution in [0.1, 0.15) is 28.7 Å². The maximum absolute atomic E-state index is 12.8. The summed E-state index contributed by atoms with van der Waals surface area (Å²) in [7, 11) is 0.